The number of halogens is 1. The molecule has 2 amide bonds. The molecule has 0 radical (unpaired) electrons. The summed E-state index contributed by atoms with van der Waals surface area (Å²) in [5.74, 6) is -0.972. The van der Waals surface area contributed by atoms with Gasteiger partial charge in [-0.3, -0.25) is 14.3 Å². The number of carbonyl (C=O) groups is 2. The number of anilines is 1. The SMILES string of the molecule is Cc1cc(-c2ccc(NC(=O)[C@@H](NC(=O)c3ccnn3CCCO)C(C3CC3)C3CC3)nc2F)c(C)[n+]([O-])c1. The lowest BCUT2D eigenvalue weighted by molar-refractivity contribution is -0.612. The first-order valence-corrected chi connectivity index (χ1v) is 13.4. The van der Waals surface area contributed by atoms with E-state index in [0.717, 1.165) is 25.7 Å². The highest BCUT2D eigenvalue weighted by Gasteiger charge is 2.48. The minimum atomic E-state index is -0.818. The van der Waals surface area contributed by atoms with E-state index in [1.807, 2.05) is 0 Å². The van der Waals surface area contributed by atoms with E-state index in [9.17, 15) is 14.8 Å². The minimum Gasteiger partial charge on any atom is -0.618 e. The third-order valence-corrected chi connectivity index (χ3v) is 7.57. The van der Waals surface area contributed by atoms with Crippen LogP contribution in [0.1, 0.15) is 53.8 Å². The van der Waals surface area contributed by atoms with E-state index in [1.165, 1.54) is 29.2 Å². The van der Waals surface area contributed by atoms with Crippen LogP contribution in [0.25, 0.3) is 11.1 Å². The Morgan fingerprint density at radius 3 is 2.54 bits per heavy atom. The Morgan fingerprint density at radius 2 is 1.90 bits per heavy atom. The highest BCUT2D eigenvalue weighted by Crippen LogP contribution is 2.51. The Labute approximate surface area is 225 Å². The largest absolute Gasteiger partial charge is 0.618 e. The predicted molar refractivity (Wildman–Crippen MR) is 141 cm³/mol. The van der Waals surface area contributed by atoms with Gasteiger partial charge in [0, 0.05) is 37.4 Å². The maximum atomic E-state index is 15.1. The molecule has 3 heterocycles. The Morgan fingerprint density at radius 1 is 1.18 bits per heavy atom. The Bertz CT molecular complexity index is 1370. The fourth-order valence-electron chi connectivity index (χ4n) is 5.32. The Kier molecular flexibility index (Phi) is 7.60. The molecule has 1 atom stereocenters. The van der Waals surface area contributed by atoms with Gasteiger partial charge in [0.15, 0.2) is 11.9 Å². The van der Waals surface area contributed by atoms with Crippen molar-refractivity contribution in [3.63, 3.8) is 0 Å². The van der Waals surface area contributed by atoms with Gasteiger partial charge in [0.1, 0.15) is 17.6 Å². The summed E-state index contributed by atoms with van der Waals surface area (Å²) in [4.78, 5) is 30.8. The molecule has 0 bridgehead atoms. The molecule has 0 aliphatic heterocycles. The second-order valence-electron chi connectivity index (χ2n) is 10.6. The number of nitrogens with zero attached hydrogens (tertiary/aromatic N) is 4. The standard InChI is InChI=1S/C28H33FN6O4/c1-16-14-21(17(2)35(39)15-16)20-8-9-23(31-26(20)29)32-28(38)25(24(18-4-5-18)19-6-7-19)33-27(37)22-10-11-30-34(22)12-3-13-36/h8-11,14-15,18-19,24-25,36H,3-7,12-13H2,1-2H3,(H,33,37)(H,31,32,38)/t25-/m0/s1. The second-order valence-corrected chi connectivity index (χ2v) is 10.6. The van der Waals surface area contributed by atoms with Crippen molar-refractivity contribution in [3.8, 4) is 11.1 Å². The molecule has 0 unspecified atom stereocenters. The number of rotatable bonds is 11. The van der Waals surface area contributed by atoms with Crippen molar-refractivity contribution in [1.82, 2.24) is 20.1 Å². The van der Waals surface area contributed by atoms with Crippen LogP contribution in [0.3, 0.4) is 0 Å². The van der Waals surface area contributed by atoms with Crippen molar-refractivity contribution < 1.29 is 23.8 Å². The number of aliphatic hydroxyl groups is 1. The number of carbonyl (C=O) groups excluding carboxylic acids is 2. The highest BCUT2D eigenvalue weighted by atomic mass is 19.1. The molecule has 206 valence electrons. The van der Waals surface area contributed by atoms with E-state index in [-0.39, 0.29) is 23.9 Å². The molecule has 5 rings (SSSR count). The van der Waals surface area contributed by atoms with Crippen molar-refractivity contribution in [2.24, 2.45) is 17.8 Å². The number of amides is 2. The summed E-state index contributed by atoms with van der Waals surface area (Å²) >= 11 is 0. The van der Waals surface area contributed by atoms with E-state index >= 15 is 4.39 Å². The molecule has 3 N–H and O–H groups in total. The molecule has 0 saturated heterocycles. The van der Waals surface area contributed by atoms with Gasteiger partial charge in [-0.25, -0.2) is 4.98 Å². The van der Waals surface area contributed by atoms with Crippen LogP contribution in [0.15, 0.2) is 36.7 Å². The van der Waals surface area contributed by atoms with Crippen LogP contribution < -0.4 is 15.4 Å². The van der Waals surface area contributed by atoms with Crippen molar-refractivity contribution in [2.75, 3.05) is 11.9 Å². The van der Waals surface area contributed by atoms with Gasteiger partial charge in [-0.05, 0) is 81.0 Å². The number of pyridine rings is 2. The van der Waals surface area contributed by atoms with Crippen LogP contribution in [0, 0.1) is 42.8 Å². The lowest BCUT2D eigenvalue weighted by Crippen LogP contribution is -2.50. The molecule has 39 heavy (non-hydrogen) atoms. The first-order chi connectivity index (χ1) is 18.8. The molecule has 0 aromatic carbocycles. The third-order valence-electron chi connectivity index (χ3n) is 7.57. The van der Waals surface area contributed by atoms with Crippen molar-refractivity contribution in [3.05, 3.63) is 64.8 Å². The molecule has 3 aromatic rings. The quantitative estimate of drug-likeness (QED) is 0.196. The molecule has 2 fully saturated rings. The van der Waals surface area contributed by atoms with Crippen molar-refractivity contribution in [2.45, 2.75) is 58.5 Å². The van der Waals surface area contributed by atoms with Crippen LogP contribution in [-0.2, 0) is 11.3 Å². The van der Waals surface area contributed by atoms with Gasteiger partial charge in [0.25, 0.3) is 5.91 Å². The predicted octanol–water partition coefficient (Wildman–Crippen LogP) is 2.89. The summed E-state index contributed by atoms with van der Waals surface area (Å²) in [7, 11) is 0. The highest BCUT2D eigenvalue weighted by molar-refractivity contribution is 6.00. The molecule has 0 spiro atoms. The Balaban J connectivity index is 1.38. The number of aryl methyl sites for hydroxylation is 2. The molecule has 2 aliphatic rings. The lowest BCUT2D eigenvalue weighted by Gasteiger charge is -2.27. The van der Waals surface area contributed by atoms with Crippen molar-refractivity contribution in [1.29, 1.82) is 0 Å². The number of hydrogen-bond acceptors (Lipinski definition) is 6. The van der Waals surface area contributed by atoms with Gasteiger partial charge in [-0.15, -0.1) is 0 Å². The summed E-state index contributed by atoms with van der Waals surface area (Å²) in [5, 5.41) is 31.1. The van der Waals surface area contributed by atoms with Gasteiger partial charge < -0.3 is 20.9 Å². The monoisotopic (exact) mass is 536 g/mol. The van der Waals surface area contributed by atoms with Gasteiger partial charge in [-0.1, -0.05) is 0 Å². The Hall–Kier alpha value is -3.86. The fraction of sp³-hybridized carbons (Fsp3) is 0.464. The summed E-state index contributed by atoms with van der Waals surface area (Å²) in [6, 6.07) is 5.47. The fourth-order valence-corrected chi connectivity index (χ4v) is 5.32. The number of aliphatic hydroxyl groups excluding tert-OH is 1. The summed E-state index contributed by atoms with van der Waals surface area (Å²) in [6.07, 6.45) is 7.41. The molecule has 11 heteroatoms. The zero-order valence-electron chi connectivity index (χ0n) is 22.1. The molecule has 2 aliphatic carbocycles. The number of nitrogens with one attached hydrogen (secondary N) is 2. The number of aromatic nitrogens is 4. The third kappa shape index (κ3) is 5.93. The summed E-state index contributed by atoms with van der Waals surface area (Å²) in [6.45, 7) is 3.71. The van der Waals surface area contributed by atoms with E-state index in [2.05, 4.69) is 20.7 Å². The minimum absolute atomic E-state index is 0.0191. The van der Waals surface area contributed by atoms with E-state index in [0.29, 0.717) is 52.0 Å². The lowest BCUT2D eigenvalue weighted by atomic mass is 9.88. The van der Waals surface area contributed by atoms with Crippen LogP contribution >= 0.6 is 0 Å². The molecular formula is C28H33FN6O4. The molecule has 3 aromatic heterocycles. The summed E-state index contributed by atoms with van der Waals surface area (Å²) < 4.78 is 17.3. The van der Waals surface area contributed by atoms with Crippen LogP contribution in [-0.4, -0.2) is 44.3 Å². The van der Waals surface area contributed by atoms with Gasteiger partial charge in [0.2, 0.25) is 11.9 Å². The summed E-state index contributed by atoms with van der Waals surface area (Å²) in [5.41, 5.74) is 1.93. The average molecular weight is 537 g/mol. The van der Waals surface area contributed by atoms with E-state index < -0.39 is 23.8 Å². The maximum Gasteiger partial charge on any atom is 0.270 e. The van der Waals surface area contributed by atoms with Crippen LogP contribution in [0.4, 0.5) is 10.2 Å². The molecule has 2 saturated carbocycles. The first-order valence-electron chi connectivity index (χ1n) is 13.4. The molecule has 10 nitrogen and oxygen atoms in total. The molecular weight excluding hydrogens is 503 g/mol. The number of hydrogen-bond donors (Lipinski definition) is 3. The van der Waals surface area contributed by atoms with Crippen LogP contribution in [0.5, 0.6) is 0 Å². The van der Waals surface area contributed by atoms with Gasteiger partial charge in [-0.2, -0.15) is 14.2 Å². The second kappa shape index (κ2) is 11.1. The first kappa shape index (κ1) is 26.7. The smallest absolute Gasteiger partial charge is 0.270 e. The van der Waals surface area contributed by atoms with E-state index in [4.69, 9.17) is 5.11 Å². The normalized spacial score (nSPS) is 15.8. The van der Waals surface area contributed by atoms with Crippen molar-refractivity contribution >= 4 is 17.6 Å². The van der Waals surface area contributed by atoms with Gasteiger partial charge in [0.05, 0.1) is 5.56 Å². The van der Waals surface area contributed by atoms with Crippen LogP contribution in [0.2, 0.25) is 0 Å². The van der Waals surface area contributed by atoms with Gasteiger partial charge >= 0.3 is 0 Å². The zero-order chi connectivity index (χ0) is 27.7. The zero-order valence-corrected chi connectivity index (χ0v) is 22.1. The maximum absolute atomic E-state index is 15.1. The average Bonchev–Trinajstić information content (AvgIpc) is 3.84. The topological polar surface area (TPSA) is 136 Å². The van der Waals surface area contributed by atoms with E-state index in [1.54, 1.807) is 26.0 Å².